The van der Waals surface area contributed by atoms with E-state index < -0.39 is 0 Å². The lowest BCUT2D eigenvalue weighted by atomic mass is 9.81. The Hall–Kier alpha value is -7.36. The molecule has 1 aliphatic rings. The van der Waals surface area contributed by atoms with Crippen LogP contribution in [-0.2, 0) is 5.41 Å². The van der Waals surface area contributed by atoms with Gasteiger partial charge in [-0.2, -0.15) is 0 Å². The number of fused-ring (bicyclic) bond motifs is 11. The van der Waals surface area contributed by atoms with Crippen molar-refractivity contribution in [1.82, 2.24) is 0 Å². The number of anilines is 3. The minimum absolute atomic E-state index is 0.223. The first kappa shape index (κ1) is 32.8. The van der Waals surface area contributed by atoms with Crippen LogP contribution in [0.2, 0.25) is 0 Å². The van der Waals surface area contributed by atoms with Gasteiger partial charge in [0.2, 0.25) is 0 Å². The van der Waals surface area contributed by atoms with Crippen molar-refractivity contribution < 1.29 is 8.83 Å². The first-order valence-electron chi connectivity index (χ1n) is 20.0. The van der Waals surface area contributed by atoms with Gasteiger partial charge in [-0.05, 0) is 98.9 Å². The summed E-state index contributed by atoms with van der Waals surface area (Å²) < 4.78 is 13.0. The molecular weight excluding hydrogens is 707 g/mol. The number of nitrogens with zero attached hydrogens (tertiary/aromatic N) is 1. The van der Waals surface area contributed by atoms with E-state index in [0.717, 1.165) is 88.6 Å². The van der Waals surface area contributed by atoms with E-state index in [1.807, 2.05) is 12.1 Å². The number of hydrogen-bond donors (Lipinski definition) is 0. The largest absolute Gasteiger partial charge is 0.456 e. The molecule has 0 atom stereocenters. The molecule has 274 valence electrons. The van der Waals surface area contributed by atoms with Crippen molar-refractivity contribution in [2.45, 2.75) is 19.3 Å². The molecule has 58 heavy (non-hydrogen) atoms. The Morgan fingerprint density at radius 2 is 1.05 bits per heavy atom. The highest BCUT2D eigenvalue weighted by Crippen LogP contribution is 2.55. The molecule has 0 bridgehead atoms. The summed E-state index contributed by atoms with van der Waals surface area (Å²) in [5.74, 6) is 0. The average molecular weight is 744 g/mol. The zero-order valence-corrected chi connectivity index (χ0v) is 32.2. The van der Waals surface area contributed by atoms with Gasteiger partial charge in [-0.3, -0.25) is 0 Å². The minimum atomic E-state index is -0.223. The molecule has 12 rings (SSSR count). The summed E-state index contributed by atoms with van der Waals surface area (Å²) in [5, 5.41) is 6.81. The Morgan fingerprint density at radius 1 is 0.414 bits per heavy atom. The predicted molar refractivity (Wildman–Crippen MR) is 242 cm³/mol. The Kier molecular flexibility index (Phi) is 6.98. The fourth-order valence-electron chi connectivity index (χ4n) is 9.80. The van der Waals surface area contributed by atoms with E-state index in [1.165, 1.54) is 27.6 Å². The van der Waals surface area contributed by atoms with Crippen LogP contribution in [0.4, 0.5) is 17.1 Å². The molecule has 11 aromatic rings. The molecule has 0 unspecified atom stereocenters. The van der Waals surface area contributed by atoms with Gasteiger partial charge in [0.25, 0.3) is 0 Å². The highest BCUT2D eigenvalue weighted by atomic mass is 16.3. The predicted octanol–water partition coefficient (Wildman–Crippen LogP) is 15.7. The number of rotatable bonds is 5. The maximum Gasteiger partial charge on any atom is 0.143 e. The molecule has 2 aromatic heterocycles. The van der Waals surface area contributed by atoms with Gasteiger partial charge in [-0.25, -0.2) is 0 Å². The molecule has 3 nitrogen and oxygen atoms in total. The van der Waals surface area contributed by atoms with Crippen LogP contribution in [0.1, 0.15) is 25.0 Å². The monoisotopic (exact) mass is 743 g/mol. The second-order valence-electron chi connectivity index (χ2n) is 16.0. The molecule has 0 saturated carbocycles. The van der Waals surface area contributed by atoms with Crippen molar-refractivity contribution >= 4 is 71.7 Å². The summed E-state index contributed by atoms with van der Waals surface area (Å²) in [7, 11) is 0. The van der Waals surface area contributed by atoms with Crippen LogP contribution in [0.5, 0.6) is 0 Å². The minimum Gasteiger partial charge on any atom is -0.456 e. The van der Waals surface area contributed by atoms with Crippen LogP contribution < -0.4 is 4.90 Å². The van der Waals surface area contributed by atoms with Gasteiger partial charge < -0.3 is 13.7 Å². The molecule has 2 heterocycles. The molecule has 9 aromatic carbocycles. The van der Waals surface area contributed by atoms with E-state index in [-0.39, 0.29) is 5.41 Å². The molecule has 0 N–H and O–H groups in total. The van der Waals surface area contributed by atoms with Crippen LogP contribution in [0.15, 0.2) is 197 Å². The molecule has 0 aliphatic heterocycles. The summed E-state index contributed by atoms with van der Waals surface area (Å²) in [6.07, 6.45) is 0. The van der Waals surface area contributed by atoms with Crippen LogP contribution in [-0.4, -0.2) is 0 Å². The highest BCUT2D eigenvalue weighted by molar-refractivity contribution is 6.20. The van der Waals surface area contributed by atoms with Gasteiger partial charge in [0.05, 0.1) is 11.4 Å². The standard InChI is InChI=1S/C55H37NO2/c1-55(2)46-20-8-5-15-39(46)44-19-11-22-48(53(44)55)56(37-29-25-34(26-30-37)36-28-31-42-41-17-7-10-23-49(41)57-51(42)33-36)47-21-9-6-16-40(47)43-18-12-24-50-52(43)45-32-27-35-13-3-4-14-38(35)54(45)58-50/h3-33H,1-2H3. The molecule has 1 aliphatic carbocycles. The van der Waals surface area contributed by atoms with Crippen molar-refractivity contribution in [2.24, 2.45) is 0 Å². The van der Waals surface area contributed by atoms with E-state index in [2.05, 4.69) is 195 Å². The van der Waals surface area contributed by atoms with Gasteiger partial charge in [-0.1, -0.05) is 147 Å². The van der Waals surface area contributed by atoms with E-state index in [9.17, 15) is 0 Å². The topological polar surface area (TPSA) is 29.5 Å². The Balaban J connectivity index is 1.07. The zero-order valence-electron chi connectivity index (χ0n) is 32.2. The van der Waals surface area contributed by atoms with Crippen molar-refractivity contribution in [2.75, 3.05) is 4.90 Å². The third-order valence-electron chi connectivity index (χ3n) is 12.5. The summed E-state index contributed by atoms with van der Waals surface area (Å²) in [4.78, 5) is 2.48. The molecular formula is C55H37NO2. The van der Waals surface area contributed by atoms with E-state index in [1.54, 1.807) is 0 Å². The Bertz CT molecular complexity index is 3440. The average Bonchev–Trinajstić information content (AvgIpc) is 3.92. The normalized spacial score (nSPS) is 13.1. The van der Waals surface area contributed by atoms with E-state index in [4.69, 9.17) is 8.83 Å². The van der Waals surface area contributed by atoms with Crippen molar-refractivity contribution in [3.8, 4) is 33.4 Å². The highest BCUT2D eigenvalue weighted by Gasteiger charge is 2.39. The van der Waals surface area contributed by atoms with E-state index >= 15 is 0 Å². The number of para-hydroxylation sites is 2. The fraction of sp³-hybridized carbons (Fsp3) is 0.0545. The van der Waals surface area contributed by atoms with Gasteiger partial charge >= 0.3 is 0 Å². The fourth-order valence-corrected chi connectivity index (χ4v) is 9.80. The SMILES string of the molecule is CC1(C)c2ccccc2-c2cccc(N(c3ccc(-c4ccc5c(c4)oc4ccccc45)cc3)c3ccccc3-c3cccc4oc5c6ccccc6ccc5c34)c21. The zero-order chi connectivity index (χ0) is 38.5. The van der Waals surface area contributed by atoms with Crippen LogP contribution in [0.25, 0.3) is 88.0 Å². The Morgan fingerprint density at radius 3 is 1.95 bits per heavy atom. The van der Waals surface area contributed by atoms with Crippen LogP contribution in [0, 0.1) is 0 Å². The maximum absolute atomic E-state index is 6.70. The molecule has 0 spiro atoms. The number of benzene rings is 9. The second-order valence-corrected chi connectivity index (χ2v) is 16.0. The summed E-state index contributed by atoms with van der Waals surface area (Å²) >= 11 is 0. The van der Waals surface area contributed by atoms with Crippen molar-refractivity contribution in [3.63, 3.8) is 0 Å². The third-order valence-corrected chi connectivity index (χ3v) is 12.5. The summed E-state index contributed by atoms with van der Waals surface area (Å²) in [6, 6.07) is 67.7. The molecule has 0 amide bonds. The van der Waals surface area contributed by atoms with Gasteiger partial charge in [0.15, 0.2) is 0 Å². The van der Waals surface area contributed by atoms with Crippen molar-refractivity contribution in [3.05, 3.63) is 199 Å². The van der Waals surface area contributed by atoms with Crippen molar-refractivity contribution in [1.29, 1.82) is 0 Å². The quantitative estimate of drug-likeness (QED) is 0.176. The first-order valence-corrected chi connectivity index (χ1v) is 20.0. The lowest BCUT2D eigenvalue weighted by Crippen LogP contribution is -2.21. The van der Waals surface area contributed by atoms with Crippen LogP contribution >= 0.6 is 0 Å². The number of furan rings is 2. The molecule has 0 radical (unpaired) electrons. The van der Waals surface area contributed by atoms with Gasteiger partial charge in [-0.15, -0.1) is 0 Å². The van der Waals surface area contributed by atoms with Gasteiger partial charge in [0, 0.05) is 43.6 Å². The third kappa shape index (κ3) is 4.74. The van der Waals surface area contributed by atoms with Gasteiger partial charge in [0.1, 0.15) is 22.3 Å². The summed E-state index contributed by atoms with van der Waals surface area (Å²) in [6.45, 7) is 4.73. The lowest BCUT2D eigenvalue weighted by Gasteiger charge is -2.33. The van der Waals surface area contributed by atoms with Crippen LogP contribution in [0.3, 0.4) is 0 Å². The Labute approximate surface area is 336 Å². The second kappa shape index (κ2) is 12.3. The molecule has 3 heteroatoms. The summed E-state index contributed by atoms with van der Waals surface area (Å²) in [5.41, 5.74) is 16.5. The van der Waals surface area contributed by atoms with E-state index in [0.29, 0.717) is 0 Å². The maximum atomic E-state index is 6.70. The molecule has 0 fully saturated rings. The number of hydrogen-bond acceptors (Lipinski definition) is 3. The smallest absolute Gasteiger partial charge is 0.143 e. The lowest BCUT2D eigenvalue weighted by molar-refractivity contribution is 0.661. The molecule has 0 saturated heterocycles. The first-order chi connectivity index (χ1) is 28.5.